The van der Waals surface area contributed by atoms with Crippen molar-refractivity contribution in [1.29, 1.82) is 0 Å². The number of methoxy groups -OCH3 is 1. The van der Waals surface area contributed by atoms with E-state index in [1.54, 1.807) is 25.3 Å². The zero-order valence-electron chi connectivity index (χ0n) is 21.6. The number of carbonyl (C=O) groups excluding carboxylic acids is 1. The SMILES string of the molecule is CCCC(=O)OOc1ccc(OCCC(CCOC)c2sc3cc(C(F)(F)F)ccc3c2C)cc1CC. The molecule has 0 aliphatic heterocycles. The van der Waals surface area contributed by atoms with Gasteiger partial charge in [-0.1, -0.05) is 19.9 Å². The Morgan fingerprint density at radius 2 is 1.81 bits per heavy atom. The van der Waals surface area contributed by atoms with E-state index in [1.165, 1.54) is 17.4 Å². The standard InChI is InChI=1S/C28H33F3O5S/c1-5-7-26(32)36-35-24-11-9-22(16-19(24)6-2)34-15-13-20(12-14-33-4)27-18(3)23-10-8-21(28(29,30)31)17-25(23)37-27/h8-11,16-17,20H,5-7,12-15H2,1-4H3. The van der Waals surface area contributed by atoms with Gasteiger partial charge in [0.1, 0.15) is 5.75 Å². The Balaban J connectivity index is 1.71. The van der Waals surface area contributed by atoms with Crippen molar-refractivity contribution in [3.8, 4) is 11.5 Å². The van der Waals surface area contributed by atoms with Crippen LogP contribution in [0.4, 0.5) is 13.2 Å². The molecule has 1 atom stereocenters. The predicted octanol–water partition coefficient (Wildman–Crippen LogP) is 8.02. The lowest BCUT2D eigenvalue weighted by Crippen LogP contribution is -2.09. The maximum Gasteiger partial charge on any atom is 0.416 e. The second-order valence-electron chi connectivity index (χ2n) is 8.83. The summed E-state index contributed by atoms with van der Waals surface area (Å²) in [5.74, 6) is 0.796. The highest BCUT2D eigenvalue weighted by atomic mass is 32.1. The third-order valence-corrected chi connectivity index (χ3v) is 7.59. The summed E-state index contributed by atoms with van der Waals surface area (Å²) in [7, 11) is 1.64. The molecule has 3 aromatic rings. The van der Waals surface area contributed by atoms with Gasteiger partial charge in [0.25, 0.3) is 0 Å². The number of thiophene rings is 1. The molecule has 0 spiro atoms. The first-order chi connectivity index (χ1) is 17.7. The molecule has 0 bridgehead atoms. The summed E-state index contributed by atoms with van der Waals surface area (Å²) in [5, 5.41) is 0.846. The van der Waals surface area contributed by atoms with E-state index in [9.17, 15) is 18.0 Å². The number of halogens is 3. The summed E-state index contributed by atoms with van der Waals surface area (Å²) in [5.41, 5.74) is 1.21. The van der Waals surface area contributed by atoms with Gasteiger partial charge in [-0.2, -0.15) is 13.2 Å². The predicted molar refractivity (Wildman–Crippen MR) is 138 cm³/mol. The van der Waals surface area contributed by atoms with Crippen molar-refractivity contribution in [1.82, 2.24) is 0 Å². The first-order valence-corrected chi connectivity index (χ1v) is 13.2. The van der Waals surface area contributed by atoms with Crippen LogP contribution in [0.15, 0.2) is 36.4 Å². The fraction of sp³-hybridized carbons (Fsp3) is 0.464. The molecule has 1 aromatic heterocycles. The van der Waals surface area contributed by atoms with Gasteiger partial charge in [-0.15, -0.1) is 11.3 Å². The summed E-state index contributed by atoms with van der Waals surface area (Å²) >= 11 is 1.41. The van der Waals surface area contributed by atoms with E-state index in [0.29, 0.717) is 48.7 Å². The van der Waals surface area contributed by atoms with E-state index in [1.807, 2.05) is 26.8 Å². The lowest BCUT2D eigenvalue weighted by atomic mass is 9.96. The van der Waals surface area contributed by atoms with Crippen molar-refractivity contribution in [2.45, 2.75) is 65.0 Å². The molecule has 0 amide bonds. The number of carbonyl (C=O) groups is 1. The van der Waals surface area contributed by atoms with Crippen LogP contribution < -0.4 is 9.62 Å². The molecular weight excluding hydrogens is 505 g/mol. The highest BCUT2D eigenvalue weighted by Crippen LogP contribution is 2.41. The number of hydrogen-bond acceptors (Lipinski definition) is 6. The zero-order valence-corrected chi connectivity index (χ0v) is 22.4. The molecule has 0 radical (unpaired) electrons. The molecule has 0 saturated heterocycles. The highest BCUT2D eigenvalue weighted by Gasteiger charge is 2.31. The normalized spacial score (nSPS) is 12.5. The summed E-state index contributed by atoms with van der Waals surface area (Å²) in [4.78, 5) is 22.7. The Labute approximate surface area is 219 Å². The first-order valence-electron chi connectivity index (χ1n) is 12.4. The van der Waals surface area contributed by atoms with Crippen LogP contribution >= 0.6 is 11.3 Å². The molecule has 3 rings (SSSR count). The quantitative estimate of drug-likeness (QED) is 0.163. The van der Waals surface area contributed by atoms with Crippen LogP contribution in [0.25, 0.3) is 10.1 Å². The number of alkyl halides is 3. The van der Waals surface area contributed by atoms with Gasteiger partial charge >= 0.3 is 12.1 Å². The fourth-order valence-electron chi connectivity index (χ4n) is 4.14. The summed E-state index contributed by atoms with van der Waals surface area (Å²) in [6, 6.07) is 9.27. The number of hydrogen-bond donors (Lipinski definition) is 0. The molecule has 1 unspecified atom stereocenters. The molecular formula is C28H33F3O5S. The van der Waals surface area contributed by atoms with Gasteiger partial charge < -0.3 is 9.47 Å². The van der Waals surface area contributed by atoms with E-state index in [4.69, 9.17) is 19.2 Å². The monoisotopic (exact) mass is 538 g/mol. The van der Waals surface area contributed by atoms with E-state index in [0.717, 1.165) is 33.9 Å². The molecule has 2 aromatic carbocycles. The molecule has 0 saturated carbocycles. The van der Waals surface area contributed by atoms with Gasteiger partial charge in [0, 0.05) is 35.3 Å². The van der Waals surface area contributed by atoms with Crippen LogP contribution in [0.2, 0.25) is 0 Å². The zero-order chi connectivity index (χ0) is 27.0. The first kappa shape index (κ1) is 28.8. The van der Waals surface area contributed by atoms with Crippen molar-refractivity contribution >= 4 is 27.4 Å². The second-order valence-corrected chi connectivity index (χ2v) is 9.91. The van der Waals surface area contributed by atoms with Crippen molar-refractivity contribution in [2.24, 2.45) is 0 Å². The van der Waals surface area contributed by atoms with Gasteiger partial charge in [0.05, 0.1) is 12.2 Å². The average molecular weight is 539 g/mol. The second kappa shape index (κ2) is 13.1. The molecule has 1 heterocycles. The summed E-state index contributed by atoms with van der Waals surface area (Å²) in [6.45, 7) is 6.77. The molecule has 0 aliphatic rings. The minimum absolute atomic E-state index is 0.0814. The third-order valence-electron chi connectivity index (χ3n) is 6.17. The Kier molecular flexibility index (Phi) is 10.2. The van der Waals surface area contributed by atoms with Gasteiger partial charge in [0.15, 0.2) is 5.75 Å². The number of fused-ring (bicyclic) bond motifs is 1. The highest BCUT2D eigenvalue weighted by molar-refractivity contribution is 7.19. The fourth-order valence-corrected chi connectivity index (χ4v) is 5.56. The molecule has 202 valence electrons. The molecule has 0 aliphatic carbocycles. The van der Waals surface area contributed by atoms with Crippen LogP contribution in [0.5, 0.6) is 11.5 Å². The van der Waals surface area contributed by atoms with Crippen LogP contribution in [0.3, 0.4) is 0 Å². The minimum atomic E-state index is -4.37. The van der Waals surface area contributed by atoms with Crippen LogP contribution in [0, 0.1) is 6.92 Å². The number of benzene rings is 2. The van der Waals surface area contributed by atoms with E-state index in [2.05, 4.69) is 0 Å². The molecule has 9 heteroatoms. The largest absolute Gasteiger partial charge is 0.494 e. The lowest BCUT2D eigenvalue weighted by molar-refractivity contribution is -0.214. The van der Waals surface area contributed by atoms with Crippen molar-refractivity contribution in [3.63, 3.8) is 0 Å². The topological polar surface area (TPSA) is 54.0 Å². The molecule has 37 heavy (non-hydrogen) atoms. The van der Waals surface area contributed by atoms with Crippen LogP contribution in [-0.4, -0.2) is 26.3 Å². The van der Waals surface area contributed by atoms with Gasteiger partial charge in [-0.3, -0.25) is 9.78 Å². The Bertz CT molecular complexity index is 1190. The number of ether oxygens (including phenoxy) is 2. The van der Waals surface area contributed by atoms with Crippen LogP contribution in [-0.2, 0) is 27.0 Å². The van der Waals surface area contributed by atoms with Crippen molar-refractivity contribution in [2.75, 3.05) is 20.3 Å². The lowest BCUT2D eigenvalue weighted by Gasteiger charge is -2.17. The van der Waals surface area contributed by atoms with Gasteiger partial charge in [-0.05, 0) is 79.8 Å². The Morgan fingerprint density at radius 3 is 2.49 bits per heavy atom. The molecule has 0 N–H and O–H groups in total. The van der Waals surface area contributed by atoms with Crippen molar-refractivity contribution in [3.05, 3.63) is 58.0 Å². The number of rotatable bonds is 13. The van der Waals surface area contributed by atoms with Gasteiger partial charge in [-0.25, -0.2) is 4.79 Å². The van der Waals surface area contributed by atoms with E-state index in [-0.39, 0.29) is 12.3 Å². The summed E-state index contributed by atoms with van der Waals surface area (Å²) < 4.78 is 51.6. The van der Waals surface area contributed by atoms with Crippen molar-refractivity contribution < 1.29 is 37.2 Å². The maximum atomic E-state index is 13.2. The van der Waals surface area contributed by atoms with E-state index < -0.39 is 17.7 Å². The van der Waals surface area contributed by atoms with Gasteiger partial charge in [0.2, 0.25) is 0 Å². The molecule has 0 fully saturated rings. The smallest absolute Gasteiger partial charge is 0.416 e. The average Bonchev–Trinajstić information content (AvgIpc) is 3.20. The van der Waals surface area contributed by atoms with Crippen LogP contribution in [0.1, 0.15) is 67.0 Å². The Hall–Kier alpha value is -2.78. The third kappa shape index (κ3) is 7.61. The minimum Gasteiger partial charge on any atom is -0.494 e. The summed E-state index contributed by atoms with van der Waals surface area (Å²) in [6.07, 6.45) is -1.33. The number of aryl methyl sites for hydroxylation is 2. The maximum absolute atomic E-state index is 13.2. The Morgan fingerprint density at radius 1 is 1.05 bits per heavy atom. The van der Waals surface area contributed by atoms with E-state index >= 15 is 0 Å². The molecule has 5 nitrogen and oxygen atoms in total.